The van der Waals surface area contributed by atoms with Crippen molar-refractivity contribution in [3.8, 4) is 11.8 Å². The third-order valence-corrected chi connectivity index (χ3v) is 6.58. The molecule has 0 atom stereocenters. The number of sulfonamides is 2. The average Bonchev–Trinajstić information content (AvgIpc) is 3.39. The predicted molar refractivity (Wildman–Crippen MR) is 154 cm³/mol. The molecule has 0 bridgehead atoms. The van der Waals surface area contributed by atoms with Crippen LogP contribution >= 0.6 is 0 Å². The lowest BCUT2D eigenvalue weighted by Crippen LogP contribution is -2.21. The summed E-state index contributed by atoms with van der Waals surface area (Å²) in [6.07, 6.45) is 5.95. The third kappa shape index (κ3) is 6.59. The smallest absolute Gasteiger partial charge is 0.283 e. The van der Waals surface area contributed by atoms with Crippen molar-refractivity contribution in [1.29, 1.82) is 5.26 Å². The van der Waals surface area contributed by atoms with E-state index in [1.165, 1.54) is 66.8 Å². The van der Waals surface area contributed by atoms with Gasteiger partial charge in [-0.25, -0.2) is 21.9 Å². The molecule has 1 aliphatic rings. The summed E-state index contributed by atoms with van der Waals surface area (Å²) in [4.78, 5) is 29.4. The van der Waals surface area contributed by atoms with E-state index in [0.29, 0.717) is 11.4 Å². The van der Waals surface area contributed by atoms with Crippen molar-refractivity contribution in [1.82, 2.24) is 9.78 Å². The maximum Gasteiger partial charge on any atom is 0.283 e. The number of nitrogens with one attached hydrogen (secondary N) is 3. The van der Waals surface area contributed by atoms with Crippen LogP contribution in [0.3, 0.4) is 0 Å². The number of nitrogens with zero attached hydrogens (tertiary/aromatic N) is 5. The molecule has 16 heteroatoms. The van der Waals surface area contributed by atoms with Gasteiger partial charge < -0.3 is 4.85 Å². The normalized spacial score (nSPS) is 14.6. The van der Waals surface area contributed by atoms with E-state index in [9.17, 15) is 31.7 Å². The number of hydrogen-bond donors (Lipinski definition) is 3. The molecular weight excluding hydrogens is 572 g/mol. The monoisotopic (exact) mass is 592 g/mol. The highest BCUT2D eigenvalue weighted by molar-refractivity contribution is 7.92. The second-order valence-corrected chi connectivity index (χ2v) is 12.1. The van der Waals surface area contributed by atoms with Crippen LogP contribution < -0.4 is 20.0 Å². The van der Waals surface area contributed by atoms with Crippen LogP contribution in [0.5, 0.6) is 0 Å². The SMILES string of the molecule is [C-]#[N+]c1[nH]n(-c2ccc(NS(C)(=O)=O)cc2)c(=O)c1C=CC=C1C(=O)N(c2ccc(NS(C)(=O)=O)cc2)N=C1C#N. The fourth-order valence-corrected chi connectivity index (χ4v) is 4.82. The van der Waals surface area contributed by atoms with Crippen LogP contribution in [0.1, 0.15) is 5.56 Å². The zero-order chi connectivity index (χ0) is 29.9. The number of carbonyl (C=O) groups is 1. The Morgan fingerprint density at radius 3 is 1.98 bits per heavy atom. The molecule has 0 unspecified atom stereocenters. The maximum atomic E-state index is 13.0. The van der Waals surface area contributed by atoms with Crippen molar-refractivity contribution in [2.24, 2.45) is 5.10 Å². The van der Waals surface area contributed by atoms with Crippen LogP contribution in [0.4, 0.5) is 22.9 Å². The molecule has 14 nitrogen and oxygen atoms in total. The van der Waals surface area contributed by atoms with Gasteiger partial charge in [0, 0.05) is 11.4 Å². The second-order valence-electron chi connectivity index (χ2n) is 8.59. The topological polar surface area (TPSA) is 191 Å². The lowest BCUT2D eigenvalue weighted by molar-refractivity contribution is -0.114. The van der Waals surface area contributed by atoms with E-state index in [4.69, 9.17) is 6.57 Å². The number of hydrogen-bond acceptors (Lipinski definition) is 8. The molecule has 0 aliphatic carbocycles. The number of H-pyrrole nitrogens is 1. The summed E-state index contributed by atoms with van der Waals surface area (Å²) in [7, 11) is -6.97. The molecule has 2 aromatic carbocycles. The number of aromatic amines is 1. The quantitative estimate of drug-likeness (QED) is 0.264. The first-order chi connectivity index (χ1) is 19.3. The maximum absolute atomic E-state index is 13.0. The first-order valence-electron chi connectivity index (χ1n) is 11.4. The summed E-state index contributed by atoms with van der Waals surface area (Å²) < 4.78 is 51.3. The van der Waals surface area contributed by atoms with Crippen molar-refractivity contribution in [3.63, 3.8) is 0 Å². The predicted octanol–water partition coefficient (Wildman–Crippen LogP) is 2.33. The fraction of sp³-hybridized carbons (Fsp3) is 0.0800. The van der Waals surface area contributed by atoms with Gasteiger partial charge in [-0.2, -0.15) is 20.1 Å². The van der Waals surface area contributed by atoms with Crippen molar-refractivity contribution < 1.29 is 21.6 Å². The molecule has 1 aliphatic heterocycles. The highest BCUT2D eigenvalue weighted by atomic mass is 32.2. The summed E-state index contributed by atoms with van der Waals surface area (Å²) >= 11 is 0. The molecule has 41 heavy (non-hydrogen) atoms. The van der Waals surface area contributed by atoms with Crippen LogP contribution in [-0.4, -0.2) is 50.7 Å². The molecule has 0 saturated heterocycles. The Labute approximate surface area is 234 Å². The van der Waals surface area contributed by atoms with Crippen LogP contribution in [0.25, 0.3) is 16.6 Å². The van der Waals surface area contributed by atoms with Gasteiger partial charge in [0.15, 0.2) is 5.71 Å². The fourth-order valence-electron chi connectivity index (χ4n) is 3.70. The zero-order valence-electron chi connectivity index (χ0n) is 21.4. The molecule has 0 fully saturated rings. The standard InChI is InChI=1S/C25H20N8O6S2/c1-27-23-21(25(35)33(29-23)19-13-9-17(10-14-19)31-41(3,38)39)6-4-5-20-22(15-26)28-32(24(20)34)18-11-7-16(8-12-18)30-40(2,36)37/h4-14,29-31H,2-3H3. The highest BCUT2D eigenvalue weighted by Crippen LogP contribution is 2.26. The van der Waals surface area contributed by atoms with Gasteiger partial charge in [-0.05, 0) is 54.6 Å². The molecule has 3 N–H and O–H groups in total. The number of allylic oxidation sites excluding steroid dienone is 2. The van der Waals surface area contributed by atoms with Crippen LogP contribution in [0, 0.1) is 17.9 Å². The molecule has 3 aromatic rings. The molecule has 0 radical (unpaired) electrons. The van der Waals surface area contributed by atoms with Gasteiger partial charge in [-0.1, -0.05) is 18.7 Å². The number of hydrazone groups is 1. The minimum Gasteiger partial charge on any atom is -0.362 e. The number of amides is 1. The van der Waals surface area contributed by atoms with Gasteiger partial charge in [-0.15, -0.1) is 0 Å². The molecule has 0 saturated carbocycles. The van der Waals surface area contributed by atoms with E-state index in [-0.39, 0.29) is 34.0 Å². The van der Waals surface area contributed by atoms with Gasteiger partial charge in [0.25, 0.3) is 17.3 Å². The van der Waals surface area contributed by atoms with Crippen LogP contribution in [0.15, 0.2) is 76.2 Å². The second kappa shape index (κ2) is 11.0. The number of aromatic nitrogens is 2. The molecule has 2 heterocycles. The number of benzene rings is 2. The summed E-state index contributed by atoms with van der Waals surface area (Å²) in [6, 6.07) is 13.5. The lowest BCUT2D eigenvalue weighted by atomic mass is 10.1. The van der Waals surface area contributed by atoms with E-state index < -0.39 is 31.5 Å². The van der Waals surface area contributed by atoms with Gasteiger partial charge in [0.2, 0.25) is 20.0 Å². The van der Waals surface area contributed by atoms with E-state index in [1.54, 1.807) is 0 Å². The van der Waals surface area contributed by atoms with Gasteiger partial charge in [0.1, 0.15) is 6.07 Å². The number of carbonyl (C=O) groups excluding carboxylic acids is 1. The van der Waals surface area contributed by atoms with Gasteiger partial charge >= 0.3 is 0 Å². The Morgan fingerprint density at radius 1 is 0.951 bits per heavy atom. The minimum atomic E-state index is -3.49. The average molecular weight is 593 g/mol. The van der Waals surface area contributed by atoms with E-state index >= 15 is 0 Å². The number of anilines is 3. The number of nitriles is 1. The molecule has 4 rings (SSSR count). The summed E-state index contributed by atoms with van der Waals surface area (Å²) in [6.45, 7) is 7.43. The molecule has 0 spiro atoms. The summed E-state index contributed by atoms with van der Waals surface area (Å²) in [5, 5.41) is 17.2. The van der Waals surface area contributed by atoms with Gasteiger partial charge in [0.05, 0.1) is 35.0 Å². The van der Waals surface area contributed by atoms with Crippen molar-refractivity contribution in [3.05, 3.63) is 93.6 Å². The highest BCUT2D eigenvalue weighted by Gasteiger charge is 2.31. The molecule has 1 amide bonds. The van der Waals surface area contributed by atoms with Crippen LogP contribution in [-0.2, 0) is 24.8 Å². The first-order valence-corrected chi connectivity index (χ1v) is 15.2. The Hall–Kier alpha value is -5.45. The van der Waals surface area contributed by atoms with E-state index in [2.05, 4.69) is 24.5 Å². The minimum absolute atomic E-state index is 0.0121. The Morgan fingerprint density at radius 2 is 1.49 bits per heavy atom. The molecule has 208 valence electrons. The van der Waals surface area contributed by atoms with Crippen molar-refractivity contribution >= 4 is 60.6 Å². The Balaban J connectivity index is 1.59. The Bertz CT molecular complexity index is 1990. The number of rotatable bonds is 8. The van der Waals surface area contributed by atoms with Crippen molar-refractivity contribution in [2.45, 2.75) is 0 Å². The largest absolute Gasteiger partial charge is 0.362 e. The van der Waals surface area contributed by atoms with Crippen LogP contribution in [0.2, 0.25) is 0 Å². The lowest BCUT2D eigenvalue weighted by Gasteiger charge is -2.12. The first kappa shape index (κ1) is 28.6. The summed E-state index contributed by atoms with van der Waals surface area (Å²) in [5.41, 5.74) is 0.368. The van der Waals surface area contributed by atoms with E-state index in [0.717, 1.165) is 22.2 Å². The summed E-state index contributed by atoms with van der Waals surface area (Å²) in [5.74, 6) is -0.714. The van der Waals surface area contributed by atoms with E-state index in [1.807, 2.05) is 6.07 Å². The Kier molecular flexibility index (Phi) is 7.64. The zero-order valence-corrected chi connectivity index (χ0v) is 23.0. The van der Waals surface area contributed by atoms with Crippen molar-refractivity contribution in [2.75, 3.05) is 27.0 Å². The molecular formula is C25H20N8O6S2. The van der Waals surface area contributed by atoms with Gasteiger partial charge in [-0.3, -0.25) is 19.0 Å². The molecule has 1 aromatic heterocycles. The third-order valence-electron chi connectivity index (χ3n) is 5.37.